The molecule has 0 saturated heterocycles. The summed E-state index contributed by atoms with van der Waals surface area (Å²) in [5, 5.41) is 9.32. The average Bonchev–Trinajstić information content (AvgIpc) is 3.18. The van der Waals surface area contributed by atoms with Gasteiger partial charge in [-0.2, -0.15) is 4.98 Å². The molecule has 0 bridgehead atoms. The highest BCUT2D eigenvalue weighted by molar-refractivity contribution is 5.93. The normalized spacial score (nSPS) is 12.1. The van der Waals surface area contributed by atoms with Crippen LogP contribution < -0.4 is 5.32 Å². The number of hydrogen-bond donors (Lipinski definition) is 2. The number of aromatic nitrogens is 3. The van der Waals surface area contributed by atoms with Crippen molar-refractivity contribution < 1.29 is 13.9 Å². The molecule has 3 rings (SSSR count). The lowest BCUT2D eigenvalue weighted by Crippen LogP contribution is -2.23. The molecule has 1 atom stereocenters. The lowest BCUT2D eigenvalue weighted by molar-refractivity contribution is -0.126. The van der Waals surface area contributed by atoms with Crippen LogP contribution in [0, 0.1) is 6.92 Å². The number of nitrogens with one attached hydrogen (secondary N) is 2. The lowest BCUT2D eigenvalue weighted by Gasteiger charge is -2.13. The third-order valence-corrected chi connectivity index (χ3v) is 3.27. The monoisotopic (exact) mass is 312 g/mol. The maximum absolute atomic E-state index is 12.3. The minimum atomic E-state index is -0.732. The van der Waals surface area contributed by atoms with Crippen LogP contribution >= 0.6 is 0 Å². The SMILES string of the molecule is CO[C@H](C(=O)Nc1n[nH]c(-c2ccc(C)o2)n1)c1ccccc1. The zero-order chi connectivity index (χ0) is 16.2. The van der Waals surface area contributed by atoms with E-state index in [1.807, 2.05) is 43.3 Å². The number of aromatic amines is 1. The van der Waals surface area contributed by atoms with Crippen molar-refractivity contribution in [3.05, 3.63) is 53.8 Å². The number of aryl methyl sites for hydroxylation is 1. The Labute approximate surface area is 132 Å². The lowest BCUT2D eigenvalue weighted by atomic mass is 10.1. The molecule has 118 valence electrons. The van der Waals surface area contributed by atoms with Gasteiger partial charge in [0.1, 0.15) is 5.76 Å². The number of ether oxygens (including phenoxy) is 1. The maximum atomic E-state index is 12.3. The van der Waals surface area contributed by atoms with Gasteiger partial charge in [-0.1, -0.05) is 30.3 Å². The van der Waals surface area contributed by atoms with Crippen molar-refractivity contribution in [2.75, 3.05) is 12.4 Å². The van der Waals surface area contributed by atoms with Crippen molar-refractivity contribution in [1.29, 1.82) is 0 Å². The molecule has 1 amide bonds. The third kappa shape index (κ3) is 3.29. The third-order valence-electron chi connectivity index (χ3n) is 3.27. The van der Waals surface area contributed by atoms with Crippen molar-refractivity contribution in [2.24, 2.45) is 0 Å². The summed E-state index contributed by atoms with van der Waals surface area (Å²) in [6, 6.07) is 12.8. The molecule has 0 fully saturated rings. The molecule has 0 unspecified atom stereocenters. The molecule has 3 aromatic rings. The largest absolute Gasteiger partial charge is 0.458 e. The molecule has 7 nitrogen and oxygen atoms in total. The van der Waals surface area contributed by atoms with Crippen LogP contribution in [0.25, 0.3) is 11.6 Å². The van der Waals surface area contributed by atoms with E-state index in [4.69, 9.17) is 9.15 Å². The summed E-state index contributed by atoms with van der Waals surface area (Å²) in [6.07, 6.45) is -0.732. The molecular weight excluding hydrogens is 296 g/mol. The molecule has 2 aromatic heterocycles. The van der Waals surface area contributed by atoms with Gasteiger partial charge in [-0.25, -0.2) is 0 Å². The maximum Gasteiger partial charge on any atom is 0.260 e. The minimum absolute atomic E-state index is 0.164. The zero-order valence-corrected chi connectivity index (χ0v) is 12.7. The van der Waals surface area contributed by atoms with Gasteiger partial charge in [0.15, 0.2) is 17.7 Å². The molecule has 23 heavy (non-hydrogen) atoms. The smallest absolute Gasteiger partial charge is 0.260 e. The van der Waals surface area contributed by atoms with Crippen molar-refractivity contribution in [3.63, 3.8) is 0 Å². The number of nitrogens with zero attached hydrogens (tertiary/aromatic N) is 2. The summed E-state index contributed by atoms with van der Waals surface area (Å²) >= 11 is 0. The molecule has 0 aliphatic carbocycles. The number of methoxy groups -OCH3 is 1. The molecule has 2 heterocycles. The first-order valence-corrected chi connectivity index (χ1v) is 7.05. The summed E-state index contributed by atoms with van der Waals surface area (Å²) in [5.74, 6) is 1.59. The number of amides is 1. The molecule has 7 heteroatoms. The van der Waals surface area contributed by atoms with Gasteiger partial charge in [-0.3, -0.25) is 15.2 Å². The minimum Gasteiger partial charge on any atom is -0.458 e. The van der Waals surface area contributed by atoms with E-state index in [1.165, 1.54) is 7.11 Å². The van der Waals surface area contributed by atoms with Crippen LogP contribution in [0.15, 0.2) is 46.9 Å². The van der Waals surface area contributed by atoms with Crippen LogP contribution in [0.5, 0.6) is 0 Å². The van der Waals surface area contributed by atoms with Crippen LogP contribution in [0.1, 0.15) is 17.4 Å². The fraction of sp³-hybridized carbons (Fsp3) is 0.188. The van der Waals surface area contributed by atoms with Crippen LogP contribution in [-0.2, 0) is 9.53 Å². The Kier molecular flexibility index (Phi) is 4.20. The topological polar surface area (TPSA) is 93.0 Å². The number of anilines is 1. The average molecular weight is 312 g/mol. The van der Waals surface area contributed by atoms with Crippen molar-refractivity contribution >= 4 is 11.9 Å². The van der Waals surface area contributed by atoms with E-state index in [2.05, 4.69) is 20.5 Å². The number of carbonyl (C=O) groups excluding carboxylic acids is 1. The van der Waals surface area contributed by atoms with E-state index in [9.17, 15) is 4.79 Å². The fourth-order valence-electron chi connectivity index (χ4n) is 2.19. The second-order valence-corrected chi connectivity index (χ2v) is 4.93. The van der Waals surface area contributed by atoms with Crippen molar-refractivity contribution in [3.8, 4) is 11.6 Å². The van der Waals surface area contributed by atoms with Crippen molar-refractivity contribution in [2.45, 2.75) is 13.0 Å². The van der Waals surface area contributed by atoms with Gasteiger partial charge in [0.05, 0.1) is 0 Å². The Morgan fingerprint density at radius 3 is 2.70 bits per heavy atom. The van der Waals surface area contributed by atoms with E-state index in [1.54, 1.807) is 6.07 Å². The van der Waals surface area contributed by atoms with Gasteiger partial charge in [-0.05, 0) is 24.6 Å². The second kappa shape index (κ2) is 6.45. The molecule has 0 saturated carbocycles. The van der Waals surface area contributed by atoms with Gasteiger partial charge in [0.25, 0.3) is 5.91 Å². The Hall–Kier alpha value is -2.93. The number of hydrogen-bond acceptors (Lipinski definition) is 5. The molecule has 0 aliphatic heterocycles. The van der Waals surface area contributed by atoms with Crippen LogP contribution in [0.2, 0.25) is 0 Å². The molecular formula is C16H16N4O3. The summed E-state index contributed by atoms with van der Waals surface area (Å²) < 4.78 is 10.7. The molecule has 0 radical (unpaired) electrons. The Morgan fingerprint density at radius 2 is 2.04 bits per heavy atom. The number of rotatable bonds is 5. The number of furan rings is 1. The highest BCUT2D eigenvalue weighted by Gasteiger charge is 2.21. The van der Waals surface area contributed by atoms with Gasteiger partial charge < -0.3 is 9.15 Å². The zero-order valence-electron chi connectivity index (χ0n) is 12.7. The Bertz CT molecular complexity index is 795. The quantitative estimate of drug-likeness (QED) is 0.755. The van der Waals surface area contributed by atoms with Gasteiger partial charge in [-0.15, -0.1) is 5.10 Å². The van der Waals surface area contributed by atoms with Crippen LogP contribution in [0.3, 0.4) is 0 Å². The van der Waals surface area contributed by atoms with Crippen molar-refractivity contribution in [1.82, 2.24) is 15.2 Å². The highest BCUT2D eigenvalue weighted by Crippen LogP contribution is 2.20. The number of benzene rings is 1. The molecule has 1 aromatic carbocycles. The van der Waals surface area contributed by atoms with E-state index in [0.717, 1.165) is 11.3 Å². The Morgan fingerprint density at radius 1 is 1.26 bits per heavy atom. The first-order chi connectivity index (χ1) is 11.2. The predicted molar refractivity (Wildman–Crippen MR) is 83.6 cm³/mol. The highest BCUT2D eigenvalue weighted by atomic mass is 16.5. The summed E-state index contributed by atoms with van der Waals surface area (Å²) in [5.41, 5.74) is 0.755. The number of H-pyrrole nitrogens is 1. The first kappa shape index (κ1) is 15.0. The van der Waals surface area contributed by atoms with Gasteiger partial charge in [0, 0.05) is 7.11 Å². The molecule has 0 aliphatic rings. The van der Waals surface area contributed by atoms with Gasteiger partial charge >= 0.3 is 0 Å². The van der Waals surface area contributed by atoms with E-state index < -0.39 is 6.10 Å². The van der Waals surface area contributed by atoms with E-state index in [-0.39, 0.29) is 11.9 Å². The predicted octanol–water partition coefficient (Wildman–Crippen LogP) is 2.70. The summed E-state index contributed by atoms with van der Waals surface area (Å²) in [7, 11) is 1.48. The van der Waals surface area contributed by atoms with Crippen LogP contribution in [0.4, 0.5) is 5.95 Å². The van der Waals surface area contributed by atoms with Crippen LogP contribution in [-0.4, -0.2) is 28.2 Å². The number of carbonyl (C=O) groups is 1. The fourth-order valence-corrected chi connectivity index (χ4v) is 2.19. The molecule has 2 N–H and O–H groups in total. The molecule has 0 spiro atoms. The summed E-state index contributed by atoms with van der Waals surface area (Å²) in [6.45, 7) is 1.84. The van der Waals surface area contributed by atoms with Gasteiger partial charge in [0.2, 0.25) is 5.95 Å². The van der Waals surface area contributed by atoms with E-state index in [0.29, 0.717) is 11.6 Å². The Balaban J connectivity index is 1.74. The summed E-state index contributed by atoms with van der Waals surface area (Å²) in [4.78, 5) is 16.5. The second-order valence-electron chi connectivity index (χ2n) is 4.93. The van der Waals surface area contributed by atoms with E-state index >= 15 is 0 Å². The standard InChI is InChI=1S/C16H16N4O3/c1-10-8-9-12(23-10)14-17-16(20-19-14)18-15(21)13(22-2)11-6-4-3-5-7-11/h3-9,13H,1-2H3,(H2,17,18,19,20,21)/t13-/m0/s1. The first-order valence-electron chi connectivity index (χ1n) is 7.05.